The molecule has 0 saturated heterocycles. The molecule has 1 aliphatic heterocycles. The van der Waals surface area contributed by atoms with E-state index in [2.05, 4.69) is 54.5 Å². The highest BCUT2D eigenvalue weighted by molar-refractivity contribution is 8.02. The van der Waals surface area contributed by atoms with E-state index in [1.165, 1.54) is 21.8 Å². The van der Waals surface area contributed by atoms with Crippen LogP contribution in [0.2, 0.25) is 0 Å². The fraction of sp³-hybridized carbons (Fsp3) is 0.167. The summed E-state index contributed by atoms with van der Waals surface area (Å²) in [5.41, 5.74) is 3.53. The molecule has 2 atom stereocenters. The zero-order valence-corrected chi connectivity index (χ0v) is 22.1. The van der Waals surface area contributed by atoms with E-state index in [1.807, 2.05) is 36.4 Å². The number of hydrogen-bond acceptors (Lipinski definition) is 9. The highest BCUT2D eigenvalue weighted by Crippen LogP contribution is 2.38. The van der Waals surface area contributed by atoms with Gasteiger partial charge in [-0.2, -0.15) is 8.42 Å². The summed E-state index contributed by atoms with van der Waals surface area (Å²) in [4.78, 5) is 1.26. The maximum atomic E-state index is 11.1. The van der Waals surface area contributed by atoms with Crippen LogP contribution in [0.5, 0.6) is 0 Å². The van der Waals surface area contributed by atoms with Gasteiger partial charge in [-0.25, -0.2) is 0 Å². The summed E-state index contributed by atoms with van der Waals surface area (Å²) in [5, 5.41) is 22.0. The fourth-order valence-electron chi connectivity index (χ4n) is 3.76. The molecule has 0 bridgehead atoms. The summed E-state index contributed by atoms with van der Waals surface area (Å²) in [6.07, 6.45) is 1.36. The van der Waals surface area contributed by atoms with Crippen LogP contribution in [-0.2, 0) is 23.1 Å². The molecule has 0 amide bonds. The van der Waals surface area contributed by atoms with Crippen molar-refractivity contribution < 1.29 is 13.0 Å². The molecule has 36 heavy (non-hydrogen) atoms. The second kappa shape index (κ2) is 11.0. The van der Waals surface area contributed by atoms with Crippen molar-refractivity contribution in [1.82, 2.24) is 15.5 Å². The zero-order valence-electron chi connectivity index (χ0n) is 18.9. The average Bonchev–Trinajstić information content (AvgIpc) is 3.62. The molecular weight excluding hydrogens is 535 g/mol. The van der Waals surface area contributed by atoms with Gasteiger partial charge in [-0.15, -0.1) is 33.3 Å². The molecule has 0 saturated carbocycles. The van der Waals surface area contributed by atoms with Crippen molar-refractivity contribution in [3.63, 3.8) is 0 Å². The summed E-state index contributed by atoms with van der Waals surface area (Å²) in [6.45, 7) is 0. The van der Waals surface area contributed by atoms with Gasteiger partial charge in [0, 0.05) is 17.0 Å². The molecule has 0 radical (unpaired) electrons. The standard InChI is InChI=1S/C24H23N5O3S4/c30-36(31,32)29-18-10-8-17(9-11-18)13-19(20-15-34-23(25-20)21-7-4-12-33-21)26-24-28-27-22(35-24)14-16-5-2-1-3-6-16/h1-12,15,19,23,25,29H,13-14H2,(H,26,28)(H,30,31,32)/t19-,23-/m0/s1. The van der Waals surface area contributed by atoms with Gasteiger partial charge < -0.3 is 10.6 Å². The number of thiophene rings is 1. The third kappa shape index (κ3) is 6.65. The molecule has 1 aliphatic rings. The summed E-state index contributed by atoms with van der Waals surface area (Å²) in [6, 6.07) is 21.2. The van der Waals surface area contributed by atoms with Crippen LogP contribution in [0.25, 0.3) is 0 Å². The Kier molecular flexibility index (Phi) is 7.58. The van der Waals surface area contributed by atoms with Gasteiger partial charge >= 0.3 is 10.3 Å². The van der Waals surface area contributed by atoms with Gasteiger partial charge in [0.1, 0.15) is 10.4 Å². The lowest BCUT2D eigenvalue weighted by Gasteiger charge is -2.22. The van der Waals surface area contributed by atoms with E-state index in [1.54, 1.807) is 35.2 Å². The van der Waals surface area contributed by atoms with Crippen LogP contribution >= 0.6 is 34.4 Å². The maximum absolute atomic E-state index is 11.1. The third-order valence-electron chi connectivity index (χ3n) is 5.41. The molecule has 4 aromatic rings. The minimum absolute atomic E-state index is 0.0969. The first kappa shape index (κ1) is 24.8. The van der Waals surface area contributed by atoms with E-state index < -0.39 is 10.3 Å². The van der Waals surface area contributed by atoms with Crippen LogP contribution in [0.15, 0.2) is 83.2 Å². The van der Waals surface area contributed by atoms with E-state index in [9.17, 15) is 8.42 Å². The minimum atomic E-state index is -4.31. The molecule has 5 rings (SSSR count). The molecule has 186 valence electrons. The van der Waals surface area contributed by atoms with Gasteiger partial charge in [0.15, 0.2) is 0 Å². The normalized spacial score (nSPS) is 16.2. The van der Waals surface area contributed by atoms with E-state index >= 15 is 0 Å². The van der Waals surface area contributed by atoms with Crippen molar-refractivity contribution in [3.8, 4) is 0 Å². The molecule has 8 nitrogen and oxygen atoms in total. The Labute approximate surface area is 221 Å². The van der Waals surface area contributed by atoms with Crippen molar-refractivity contribution in [2.75, 3.05) is 10.0 Å². The lowest BCUT2D eigenvalue weighted by Crippen LogP contribution is -2.31. The molecule has 0 unspecified atom stereocenters. The first-order valence-electron chi connectivity index (χ1n) is 11.0. The number of rotatable bonds is 10. The quantitative estimate of drug-likeness (QED) is 0.194. The largest absolute Gasteiger partial charge is 0.370 e. The second-order valence-corrected chi connectivity index (χ2v) is 12.3. The molecule has 0 spiro atoms. The first-order valence-corrected chi connectivity index (χ1v) is 15.1. The van der Waals surface area contributed by atoms with Crippen molar-refractivity contribution in [1.29, 1.82) is 0 Å². The van der Waals surface area contributed by atoms with E-state index in [-0.39, 0.29) is 11.4 Å². The van der Waals surface area contributed by atoms with Gasteiger partial charge in [0.2, 0.25) is 5.13 Å². The van der Waals surface area contributed by atoms with Crippen molar-refractivity contribution >= 4 is 55.6 Å². The molecular formula is C24H23N5O3S4. The lowest BCUT2D eigenvalue weighted by atomic mass is 10.0. The Morgan fingerprint density at radius 3 is 2.53 bits per heavy atom. The molecule has 4 N–H and O–H groups in total. The highest BCUT2D eigenvalue weighted by atomic mass is 32.2. The summed E-state index contributed by atoms with van der Waals surface area (Å²) in [5.74, 6) is 0. The number of nitrogens with one attached hydrogen (secondary N) is 3. The predicted octanol–water partition coefficient (Wildman–Crippen LogP) is 5.30. The lowest BCUT2D eigenvalue weighted by molar-refractivity contribution is 0.489. The number of anilines is 2. The second-order valence-electron chi connectivity index (χ2n) is 8.09. The molecule has 12 heteroatoms. The van der Waals surface area contributed by atoms with Gasteiger partial charge in [0.25, 0.3) is 0 Å². The van der Waals surface area contributed by atoms with Crippen LogP contribution in [0.3, 0.4) is 0 Å². The Morgan fingerprint density at radius 1 is 1.00 bits per heavy atom. The van der Waals surface area contributed by atoms with E-state index in [4.69, 9.17) is 4.55 Å². The number of nitrogens with zero attached hydrogens (tertiary/aromatic N) is 2. The average molecular weight is 558 g/mol. The van der Waals surface area contributed by atoms with E-state index in [0.717, 1.165) is 27.8 Å². The van der Waals surface area contributed by atoms with Gasteiger partial charge in [-0.3, -0.25) is 9.27 Å². The summed E-state index contributed by atoms with van der Waals surface area (Å²) >= 11 is 4.99. The Hall–Kier alpha value is -2.90. The summed E-state index contributed by atoms with van der Waals surface area (Å²) in [7, 11) is -4.31. The zero-order chi connectivity index (χ0) is 25.0. The Morgan fingerprint density at radius 2 is 1.81 bits per heavy atom. The molecule has 2 aromatic carbocycles. The molecule has 2 aromatic heterocycles. The predicted molar refractivity (Wildman–Crippen MR) is 148 cm³/mol. The van der Waals surface area contributed by atoms with Gasteiger partial charge in [-0.1, -0.05) is 59.9 Å². The van der Waals surface area contributed by atoms with Crippen molar-refractivity contribution in [3.05, 3.63) is 104 Å². The maximum Gasteiger partial charge on any atom is 0.357 e. The Bertz CT molecular complexity index is 1420. The smallest absolute Gasteiger partial charge is 0.357 e. The monoisotopic (exact) mass is 557 g/mol. The van der Waals surface area contributed by atoms with Crippen LogP contribution in [0.1, 0.15) is 26.4 Å². The minimum Gasteiger partial charge on any atom is -0.370 e. The van der Waals surface area contributed by atoms with E-state index in [0.29, 0.717) is 12.1 Å². The summed E-state index contributed by atoms with van der Waals surface area (Å²) < 4.78 is 33.3. The van der Waals surface area contributed by atoms with Crippen LogP contribution < -0.4 is 15.4 Å². The number of hydrogen-bond donors (Lipinski definition) is 4. The first-order chi connectivity index (χ1) is 17.4. The number of aromatic nitrogens is 2. The van der Waals surface area contributed by atoms with Crippen LogP contribution in [0, 0.1) is 0 Å². The highest BCUT2D eigenvalue weighted by Gasteiger charge is 2.26. The third-order valence-corrected chi connectivity index (χ3v) is 8.88. The number of thioether (sulfide) groups is 1. The van der Waals surface area contributed by atoms with Crippen LogP contribution in [0.4, 0.5) is 10.8 Å². The SMILES string of the molecule is O=S(=O)(O)Nc1ccc(C[C@H](Nc2nnc(Cc3ccccc3)s2)C2=CS[C@@H](c3cccs3)N2)cc1. The number of benzene rings is 2. The molecule has 3 heterocycles. The van der Waals surface area contributed by atoms with Gasteiger partial charge in [-0.05, 0) is 46.5 Å². The molecule has 0 aliphatic carbocycles. The van der Waals surface area contributed by atoms with Crippen molar-refractivity contribution in [2.45, 2.75) is 24.3 Å². The van der Waals surface area contributed by atoms with Crippen LogP contribution in [-0.4, -0.2) is 29.2 Å². The Balaban J connectivity index is 1.32. The topological polar surface area (TPSA) is 116 Å². The van der Waals surface area contributed by atoms with Gasteiger partial charge in [0.05, 0.1) is 11.7 Å². The van der Waals surface area contributed by atoms with Crippen molar-refractivity contribution in [2.24, 2.45) is 0 Å². The molecule has 0 fully saturated rings. The fourth-order valence-corrected chi connectivity index (χ4v) is 6.94.